The van der Waals surface area contributed by atoms with Gasteiger partial charge in [0.05, 0.1) is 23.7 Å². The van der Waals surface area contributed by atoms with Gasteiger partial charge < -0.3 is 4.74 Å². The molecule has 0 aliphatic carbocycles. The van der Waals surface area contributed by atoms with Gasteiger partial charge in [-0.1, -0.05) is 30.3 Å². The Labute approximate surface area is 130 Å². The molecule has 0 radical (unpaired) electrons. The van der Waals surface area contributed by atoms with Crippen LogP contribution < -0.4 is 4.74 Å². The number of para-hydroxylation sites is 1. The largest absolute Gasteiger partial charge is 0.493 e. The Hall–Kier alpha value is -2.62. The van der Waals surface area contributed by atoms with E-state index >= 15 is 0 Å². The molecule has 1 aromatic heterocycles. The van der Waals surface area contributed by atoms with Crippen molar-refractivity contribution in [2.75, 3.05) is 6.61 Å². The number of aromatic nitrogens is 3. The van der Waals surface area contributed by atoms with Crippen molar-refractivity contribution in [3.8, 4) is 11.4 Å². The summed E-state index contributed by atoms with van der Waals surface area (Å²) < 4.78 is 5.78. The first-order valence-corrected chi connectivity index (χ1v) is 7.40. The van der Waals surface area contributed by atoms with Crippen molar-refractivity contribution in [3.63, 3.8) is 0 Å². The summed E-state index contributed by atoms with van der Waals surface area (Å²) in [5, 5.41) is 9.02. The highest BCUT2D eigenvalue weighted by Crippen LogP contribution is 2.13. The Kier molecular flexibility index (Phi) is 4.19. The maximum atomic E-state index is 5.78. The molecule has 4 heteroatoms. The predicted octanol–water partition coefficient (Wildman–Crippen LogP) is 3.51. The van der Waals surface area contributed by atoms with Crippen molar-refractivity contribution >= 4 is 0 Å². The van der Waals surface area contributed by atoms with Gasteiger partial charge in [-0.2, -0.15) is 15.0 Å². The third-order valence-corrected chi connectivity index (χ3v) is 3.46. The first kappa shape index (κ1) is 14.3. The minimum Gasteiger partial charge on any atom is -0.493 e. The first-order chi connectivity index (χ1) is 10.7. The van der Waals surface area contributed by atoms with Crippen LogP contribution in [0.5, 0.6) is 5.75 Å². The van der Waals surface area contributed by atoms with E-state index in [1.54, 1.807) is 4.80 Å². The second-order valence-corrected chi connectivity index (χ2v) is 5.27. The minimum atomic E-state index is 0.595. The maximum absolute atomic E-state index is 5.78. The van der Waals surface area contributed by atoms with Gasteiger partial charge in [-0.25, -0.2) is 0 Å². The molecule has 112 valence electrons. The Morgan fingerprint density at radius 3 is 2.55 bits per heavy atom. The van der Waals surface area contributed by atoms with Crippen molar-refractivity contribution in [2.24, 2.45) is 0 Å². The smallest absolute Gasteiger partial charge is 0.119 e. The van der Waals surface area contributed by atoms with Gasteiger partial charge in [-0.3, -0.25) is 0 Å². The summed E-state index contributed by atoms with van der Waals surface area (Å²) >= 11 is 0. The van der Waals surface area contributed by atoms with Crippen LogP contribution in [-0.2, 0) is 6.42 Å². The number of nitrogens with zero attached hydrogens (tertiary/aromatic N) is 3. The maximum Gasteiger partial charge on any atom is 0.119 e. The lowest BCUT2D eigenvalue weighted by atomic mass is 10.2. The van der Waals surface area contributed by atoms with Crippen molar-refractivity contribution < 1.29 is 4.74 Å². The molecular weight excluding hydrogens is 274 g/mol. The third kappa shape index (κ3) is 3.34. The molecule has 0 atom stereocenters. The molecule has 2 aromatic carbocycles. The van der Waals surface area contributed by atoms with Crippen LogP contribution in [0.25, 0.3) is 5.69 Å². The highest BCUT2D eigenvalue weighted by molar-refractivity contribution is 5.29. The number of hydrogen-bond acceptors (Lipinski definition) is 3. The van der Waals surface area contributed by atoms with Crippen LogP contribution in [0.3, 0.4) is 0 Å². The van der Waals surface area contributed by atoms with Crippen LogP contribution in [0, 0.1) is 13.8 Å². The Bertz CT molecular complexity index is 750. The van der Waals surface area contributed by atoms with Crippen LogP contribution in [0.1, 0.15) is 17.0 Å². The van der Waals surface area contributed by atoms with Gasteiger partial charge >= 0.3 is 0 Å². The van der Waals surface area contributed by atoms with E-state index in [1.165, 1.54) is 5.56 Å². The van der Waals surface area contributed by atoms with E-state index in [1.807, 2.05) is 55.5 Å². The molecule has 0 aliphatic rings. The molecule has 0 bridgehead atoms. The number of aryl methyl sites for hydroxylation is 2. The fourth-order valence-electron chi connectivity index (χ4n) is 2.29. The molecule has 1 heterocycles. The molecule has 0 fully saturated rings. The van der Waals surface area contributed by atoms with Gasteiger partial charge in [0.15, 0.2) is 0 Å². The Balaban J connectivity index is 1.65. The molecular formula is C18H19N3O. The van der Waals surface area contributed by atoms with Crippen LogP contribution in [0.4, 0.5) is 0 Å². The average molecular weight is 293 g/mol. The third-order valence-electron chi connectivity index (χ3n) is 3.46. The van der Waals surface area contributed by atoms with Crippen LogP contribution in [0.2, 0.25) is 0 Å². The number of rotatable bonds is 5. The predicted molar refractivity (Wildman–Crippen MR) is 86.5 cm³/mol. The fourth-order valence-corrected chi connectivity index (χ4v) is 2.29. The molecule has 0 unspecified atom stereocenters. The quantitative estimate of drug-likeness (QED) is 0.722. The first-order valence-electron chi connectivity index (χ1n) is 7.40. The Morgan fingerprint density at radius 1 is 0.955 bits per heavy atom. The van der Waals surface area contributed by atoms with Gasteiger partial charge in [0.2, 0.25) is 0 Å². The Morgan fingerprint density at radius 2 is 1.77 bits per heavy atom. The van der Waals surface area contributed by atoms with Gasteiger partial charge in [-0.15, -0.1) is 0 Å². The molecule has 0 saturated carbocycles. The van der Waals surface area contributed by atoms with E-state index in [9.17, 15) is 0 Å². The molecule has 3 aromatic rings. The summed E-state index contributed by atoms with van der Waals surface area (Å²) in [4.78, 5) is 1.68. The second-order valence-electron chi connectivity index (χ2n) is 5.27. The summed E-state index contributed by atoms with van der Waals surface area (Å²) in [5.41, 5.74) is 4.08. The normalized spacial score (nSPS) is 10.6. The zero-order valence-corrected chi connectivity index (χ0v) is 12.9. The van der Waals surface area contributed by atoms with Crippen LogP contribution in [0.15, 0.2) is 54.6 Å². The standard InChI is InChI=1S/C18H19N3O/c1-14-7-6-10-17(13-14)22-12-11-18-15(2)19-21(20-18)16-8-4-3-5-9-16/h3-10,13H,11-12H2,1-2H3. The van der Waals surface area contributed by atoms with E-state index in [0.717, 1.165) is 29.2 Å². The van der Waals surface area contributed by atoms with Crippen LogP contribution >= 0.6 is 0 Å². The minimum absolute atomic E-state index is 0.595. The molecule has 0 amide bonds. The lowest BCUT2D eigenvalue weighted by Gasteiger charge is -2.05. The zero-order valence-electron chi connectivity index (χ0n) is 12.9. The number of ether oxygens (including phenoxy) is 1. The lowest BCUT2D eigenvalue weighted by molar-refractivity contribution is 0.320. The SMILES string of the molecule is Cc1cccc(OCCc2nn(-c3ccccc3)nc2C)c1. The van der Waals surface area contributed by atoms with Crippen molar-refractivity contribution in [3.05, 3.63) is 71.5 Å². The topological polar surface area (TPSA) is 39.9 Å². The molecule has 0 aliphatic heterocycles. The summed E-state index contributed by atoms with van der Waals surface area (Å²) in [6, 6.07) is 18.0. The van der Waals surface area contributed by atoms with Gasteiger partial charge in [-0.05, 0) is 43.7 Å². The van der Waals surface area contributed by atoms with Crippen LogP contribution in [-0.4, -0.2) is 21.6 Å². The summed E-state index contributed by atoms with van der Waals surface area (Å²) in [7, 11) is 0. The highest BCUT2D eigenvalue weighted by atomic mass is 16.5. The molecule has 3 rings (SSSR count). The lowest BCUT2D eigenvalue weighted by Crippen LogP contribution is -2.04. The van der Waals surface area contributed by atoms with Gasteiger partial charge in [0.25, 0.3) is 0 Å². The van der Waals surface area contributed by atoms with E-state index in [0.29, 0.717) is 6.61 Å². The monoisotopic (exact) mass is 293 g/mol. The van der Waals surface area contributed by atoms with E-state index in [-0.39, 0.29) is 0 Å². The molecule has 0 saturated heterocycles. The van der Waals surface area contributed by atoms with E-state index in [2.05, 4.69) is 23.2 Å². The summed E-state index contributed by atoms with van der Waals surface area (Å²) in [6.07, 6.45) is 0.743. The second kappa shape index (κ2) is 6.43. The fraction of sp³-hybridized carbons (Fsp3) is 0.222. The summed E-state index contributed by atoms with van der Waals surface area (Å²) in [6.45, 7) is 4.63. The van der Waals surface area contributed by atoms with Crippen molar-refractivity contribution in [1.82, 2.24) is 15.0 Å². The number of hydrogen-bond donors (Lipinski definition) is 0. The van der Waals surface area contributed by atoms with Crippen molar-refractivity contribution in [2.45, 2.75) is 20.3 Å². The average Bonchev–Trinajstić information content (AvgIpc) is 2.90. The van der Waals surface area contributed by atoms with E-state index in [4.69, 9.17) is 4.74 Å². The van der Waals surface area contributed by atoms with Crippen molar-refractivity contribution in [1.29, 1.82) is 0 Å². The molecule has 0 spiro atoms. The zero-order chi connectivity index (χ0) is 15.4. The number of benzene rings is 2. The van der Waals surface area contributed by atoms with Gasteiger partial charge in [0.1, 0.15) is 5.75 Å². The molecule has 22 heavy (non-hydrogen) atoms. The molecule has 0 N–H and O–H groups in total. The molecule has 4 nitrogen and oxygen atoms in total. The van der Waals surface area contributed by atoms with E-state index < -0.39 is 0 Å². The summed E-state index contributed by atoms with van der Waals surface area (Å²) in [5.74, 6) is 0.896. The van der Waals surface area contributed by atoms with Gasteiger partial charge in [0, 0.05) is 6.42 Å². The highest BCUT2D eigenvalue weighted by Gasteiger charge is 2.08.